The van der Waals surface area contributed by atoms with Crippen molar-refractivity contribution >= 4 is 28.6 Å². The van der Waals surface area contributed by atoms with Crippen molar-refractivity contribution in [2.24, 2.45) is 5.92 Å². The molecule has 1 aliphatic heterocycles. The molecule has 0 saturated carbocycles. The number of carbonyl (C=O) groups is 2. The lowest BCUT2D eigenvalue weighted by molar-refractivity contribution is 0.0529. The normalized spacial score (nSPS) is 15.1. The average Bonchev–Trinajstić information content (AvgIpc) is 3.31. The van der Waals surface area contributed by atoms with Crippen LogP contribution in [0.2, 0.25) is 0 Å². The van der Waals surface area contributed by atoms with Crippen molar-refractivity contribution in [2.75, 3.05) is 0 Å². The van der Waals surface area contributed by atoms with Crippen molar-refractivity contribution in [3.05, 3.63) is 58.9 Å². The zero-order chi connectivity index (χ0) is 20.4. The van der Waals surface area contributed by atoms with E-state index in [1.807, 2.05) is 27.7 Å². The highest BCUT2D eigenvalue weighted by atomic mass is 16.3. The van der Waals surface area contributed by atoms with Crippen molar-refractivity contribution in [3.63, 3.8) is 0 Å². The first-order valence-corrected chi connectivity index (χ1v) is 9.46. The van der Waals surface area contributed by atoms with E-state index in [0.29, 0.717) is 28.3 Å². The fraction of sp³-hybridized carbons (Fsp3) is 0.286. The fourth-order valence-corrected chi connectivity index (χ4v) is 3.96. The molecule has 8 nitrogen and oxygen atoms in total. The van der Waals surface area contributed by atoms with E-state index in [0.717, 1.165) is 16.7 Å². The number of imide groups is 1. The van der Waals surface area contributed by atoms with E-state index in [1.54, 1.807) is 28.8 Å². The van der Waals surface area contributed by atoms with Crippen LogP contribution in [0.15, 0.2) is 35.0 Å². The predicted molar refractivity (Wildman–Crippen MR) is 105 cm³/mol. The second-order valence-corrected chi connectivity index (χ2v) is 7.66. The lowest BCUT2D eigenvalue weighted by Crippen LogP contribution is -2.37. The van der Waals surface area contributed by atoms with Gasteiger partial charge in [0.25, 0.3) is 11.8 Å². The van der Waals surface area contributed by atoms with Crippen LogP contribution in [0.3, 0.4) is 0 Å². The van der Waals surface area contributed by atoms with Gasteiger partial charge < -0.3 is 4.42 Å². The van der Waals surface area contributed by atoms with Crippen LogP contribution in [0, 0.1) is 19.8 Å². The molecule has 2 amide bonds. The largest absolute Gasteiger partial charge is 0.443 e. The smallest absolute Gasteiger partial charge is 0.262 e. The van der Waals surface area contributed by atoms with Crippen LogP contribution in [0.25, 0.3) is 16.7 Å². The van der Waals surface area contributed by atoms with E-state index < -0.39 is 6.04 Å². The molecule has 0 fully saturated rings. The second kappa shape index (κ2) is 5.97. The Bertz CT molecular complexity index is 1280. The highest BCUT2D eigenvalue weighted by molar-refractivity contribution is 6.21. The molecule has 29 heavy (non-hydrogen) atoms. The molecule has 146 valence electrons. The van der Waals surface area contributed by atoms with Crippen molar-refractivity contribution in [1.82, 2.24) is 24.5 Å². The zero-order valence-electron chi connectivity index (χ0n) is 16.5. The van der Waals surface area contributed by atoms with Gasteiger partial charge in [0.05, 0.1) is 16.5 Å². The van der Waals surface area contributed by atoms with Crippen molar-refractivity contribution in [2.45, 2.75) is 33.7 Å². The maximum atomic E-state index is 13.0. The van der Waals surface area contributed by atoms with E-state index in [9.17, 15) is 9.59 Å². The molecule has 3 aromatic heterocycles. The molecule has 1 aliphatic rings. The fourth-order valence-electron chi connectivity index (χ4n) is 3.96. The first kappa shape index (κ1) is 17.5. The van der Waals surface area contributed by atoms with E-state index in [4.69, 9.17) is 9.40 Å². The second-order valence-electron chi connectivity index (χ2n) is 7.66. The van der Waals surface area contributed by atoms with E-state index in [2.05, 4.69) is 10.1 Å². The minimum Gasteiger partial charge on any atom is -0.443 e. The number of benzene rings is 1. The number of hydrogen-bond donors (Lipinski definition) is 0. The number of aromatic nitrogens is 4. The summed E-state index contributed by atoms with van der Waals surface area (Å²) >= 11 is 0. The van der Waals surface area contributed by atoms with Gasteiger partial charge in [-0.15, -0.1) is 5.10 Å². The van der Waals surface area contributed by atoms with Gasteiger partial charge in [0, 0.05) is 5.56 Å². The molecule has 8 heteroatoms. The van der Waals surface area contributed by atoms with Crippen LogP contribution >= 0.6 is 0 Å². The van der Waals surface area contributed by atoms with Gasteiger partial charge in [0.2, 0.25) is 5.71 Å². The van der Waals surface area contributed by atoms with Crippen LogP contribution in [0.4, 0.5) is 0 Å². The van der Waals surface area contributed by atoms with Crippen molar-refractivity contribution in [1.29, 1.82) is 0 Å². The Morgan fingerprint density at radius 1 is 1.03 bits per heavy atom. The maximum Gasteiger partial charge on any atom is 0.262 e. The molecular formula is C21H19N5O3. The molecule has 0 bridgehead atoms. The van der Waals surface area contributed by atoms with Gasteiger partial charge in [-0.3, -0.25) is 14.5 Å². The molecule has 1 atom stereocenters. The Balaban J connectivity index is 1.68. The van der Waals surface area contributed by atoms with Gasteiger partial charge in [0.15, 0.2) is 11.5 Å². The van der Waals surface area contributed by atoms with Gasteiger partial charge in [-0.05, 0) is 31.9 Å². The Kier molecular flexibility index (Phi) is 3.61. The van der Waals surface area contributed by atoms with Crippen LogP contribution in [0.5, 0.6) is 0 Å². The third kappa shape index (κ3) is 2.35. The van der Waals surface area contributed by atoms with Crippen LogP contribution in [-0.2, 0) is 0 Å². The van der Waals surface area contributed by atoms with Gasteiger partial charge in [-0.25, -0.2) is 14.5 Å². The average molecular weight is 389 g/mol. The Morgan fingerprint density at radius 2 is 1.69 bits per heavy atom. The minimum atomic E-state index is -0.592. The molecule has 5 rings (SSSR count). The van der Waals surface area contributed by atoms with E-state index >= 15 is 0 Å². The first-order valence-electron chi connectivity index (χ1n) is 9.46. The molecule has 1 aromatic carbocycles. The third-order valence-electron chi connectivity index (χ3n) is 5.52. The summed E-state index contributed by atoms with van der Waals surface area (Å²) in [5, 5.41) is 5.35. The lowest BCUT2D eigenvalue weighted by atomic mass is 10.0. The lowest BCUT2D eigenvalue weighted by Gasteiger charge is -2.26. The summed E-state index contributed by atoms with van der Waals surface area (Å²) in [5.74, 6) is 0.460. The molecule has 0 aliphatic carbocycles. The zero-order valence-corrected chi connectivity index (χ0v) is 16.5. The highest BCUT2D eigenvalue weighted by Gasteiger charge is 2.43. The number of furan rings is 1. The Hall–Kier alpha value is -3.55. The molecule has 0 radical (unpaired) electrons. The SMILES string of the molecule is Cc1oc2ncn3nc(C(C(C)C)N4C(=O)c5ccccc5C4=O)nc3c2c1C. The standard InChI is InChI=1S/C21H19N5O3/c1-10(2)16(26-20(27)13-7-5-6-8-14(13)21(26)28)17-23-18-15-11(3)12(4)29-19(15)22-9-25(18)24-17/h5-10,16H,1-4H3. The van der Waals surface area contributed by atoms with Crippen molar-refractivity contribution < 1.29 is 14.0 Å². The predicted octanol–water partition coefficient (Wildman–Crippen LogP) is 3.48. The summed E-state index contributed by atoms with van der Waals surface area (Å²) < 4.78 is 7.27. The Morgan fingerprint density at radius 3 is 2.31 bits per heavy atom. The maximum absolute atomic E-state index is 13.0. The number of rotatable bonds is 3. The quantitative estimate of drug-likeness (QED) is 0.498. The highest BCUT2D eigenvalue weighted by Crippen LogP contribution is 2.35. The Labute approximate surface area is 166 Å². The monoisotopic (exact) mass is 389 g/mol. The number of carbonyl (C=O) groups excluding carboxylic acids is 2. The molecular weight excluding hydrogens is 370 g/mol. The van der Waals surface area contributed by atoms with Crippen molar-refractivity contribution in [3.8, 4) is 0 Å². The number of nitrogens with zero attached hydrogens (tertiary/aromatic N) is 5. The molecule has 0 N–H and O–H groups in total. The van der Waals surface area contributed by atoms with Crippen LogP contribution in [0.1, 0.15) is 57.8 Å². The molecule has 4 heterocycles. The molecule has 0 spiro atoms. The summed E-state index contributed by atoms with van der Waals surface area (Å²) in [6, 6.07) is 6.27. The minimum absolute atomic E-state index is 0.0785. The van der Waals surface area contributed by atoms with E-state index in [-0.39, 0.29) is 17.7 Å². The summed E-state index contributed by atoms with van der Waals surface area (Å²) in [6.07, 6.45) is 1.54. The number of amides is 2. The molecule has 1 unspecified atom stereocenters. The van der Waals surface area contributed by atoms with Gasteiger partial charge in [0.1, 0.15) is 18.1 Å². The topological polar surface area (TPSA) is 93.6 Å². The summed E-state index contributed by atoms with van der Waals surface area (Å²) in [4.78, 5) is 36.4. The van der Waals surface area contributed by atoms with Gasteiger partial charge >= 0.3 is 0 Å². The summed E-state index contributed by atoms with van der Waals surface area (Å²) in [6.45, 7) is 7.71. The third-order valence-corrected chi connectivity index (χ3v) is 5.52. The first-order chi connectivity index (χ1) is 13.9. The number of hydrogen-bond acceptors (Lipinski definition) is 6. The van der Waals surface area contributed by atoms with Gasteiger partial charge in [-0.1, -0.05) is 26.0 Å². The number of aryl methyl sites for hydroxylation is 2. The summed E-state index contributed by atoms with van der Waals surface area (Å²) in [7, 11) is 0. The van der Waals surface area contributed by atoms with Gasteiger partial charge in [-0.2, -0.15) is 0 Å². The van der Waals surface area contributed by atoms with Crippen LogP contribution < -0.4 is 0 Å². The van der Waals surface area contributed by atoms with Crippen LogP contribution in [-0.4, -0.2) is 36.3 Å². The summed E-state index contributed by atoms with van der Waals surface area (Å²) in [5.41, 5.74) is 2.86. The number of fused-ring (bicyclic) bond motifs is 4. The molecule has 0 saturated heterocycles. The van der Waals surface area contributed by atoms with E-state index in [1.165, 1.54) is 11.2 Å². The molecule has 4 aromatic rings.